The Morgan fingerprint density at radius 3 is 2.31 bits per heavy atom. The number of Topliss-reactive ketones (excluding diaryl/α,β-unsaturated/α-hetero) is 1. The van der Waals surface area contributed by atoms with E-state index in [2.05, 4.69) is 18.9 Å². The van der Waals surface area contributed by atoms with Crippen LogP contribution in [0, 0.1) is 13.8 Å². The van der Waals surface area contributed by atoms with E-state index in [4.69, 9.17) is 4.74 Å². The summed E-state index contributed by atoms with van der Waals surface area (Å²) in [6, 6.07) is 17.1. The van der Waals surface area contributed by atoms with Crippen molar-refractivity contribution in [2.75, 3.05) is 6.61 Å². The van der Waals surface area contributed by atoms with Crippen molar-refractivity contribution in [3.63, 3.8) is 0 Å². The predicted molar refractivity (Wildman–Crippen MR) is 113 cm³/mol. The molecule has 5 nitrogen and oxygen atoms in total. The summed E-state index contributed by atoms with van der Waals surface area (Å²) in [4.78, 5) is 25.1. The van der Waals surface area contributed by atoms with Crippen LogP contribution in [0.3, 0.4) is 0 Å². The number of esters is 1. The Kier molecular flexibility index (Phi) is 6.27. The molecule has 0 aliphatic rings. The van der Waals surface area contributed by atoms with Gasteiger partial charge in [0.25, 0.3) is 0 Å². The van der Waals surface area contributed by atoms with Gasteiger partial charge >= 0.3 is 5.97 Å². The van der Waals surface area contributed by atoms with Crippen LogP contribution in [-0.2, 0) is 4.74 Å². The highest BCUT2D eigenvalue weighted by Crippen LogP contribution is 2.20. The number of ketones is 1. The summed E-state index contributed by atoms with van der Waals surface area (Å²) >= 11 is 0. The second kappa shape index (κ2) is 8.86. The summed E-state index contributed by atoms with van der Waals surface area (Å²) in [7, 11) is 0. The van der Waals surface area contributed by atoms with Crippen molar-refractivity contribution in [1.82, 2.24) is 9.78 Å². The number of aromatic nitrogens is 2. The molecule has 0 N–H and O–H groups in total. The molecule has 3 aromatic rings. The van der Waals surface area contributed by atoms with Crippen molar-refractivity contribution >= 4 is 11.8 Å². The van der Waals surface area contributed by atoms with E-state index < -0.39 is 5.97 Å². The van der Waals surface area contributed by atoms with Gasteiger partial charge in [0.1, 0.15) is 5.56 Å². The zero-order valence-corrected chi connectivity index (χ0v) is 17.3. The molecule has 0 bridgehead atoms. The molecule has 0 fully saturated rings. The van der Waals surface area contributed by atoms with E-state index >= 15 is 0 Å². The minimum atomic E-state index is -0.535. The lowest BCUT2D eigenvalue weighted by molar-refractivity contribution is 0.0473. The number of para-hydroxylation sites is 1. The van der Waals surface area contributed by atoms with E-state index in [9.17, 15) is 9.59 Å². The maximum Gasteiger partial charge on any atom is 0.342 e. The SMILES string of the molecule is CC[C@H](C)c1ccc(C(=O)COC(=O)c2c(C)nn(-c3ccccc3)c2C)cc1. The number of nitrogens with zero attached hydrogens (tertiary/aromatic N) is 2. The summed E-state index contributed by atoms with van der Waals surface area (Å²) in [6.07, 6.45) is 1.04. The number of carbonyl (C=O) groups excluding carboxylic acids is 2. The molecule has 2 aromatic carbocycles. The number of carbonyl (C=O) groups is 2. The van der Waals surface area contributed by atoms with Gasteiger partial charge < -0.3 is 4.74 Å². The third-order valence-electron chi connectivity index (χ3n) is 5.24. The molecule has 1 atom stereocenters. The number of hydrogen-bond donors (Lipinski definition) is 0. The third-order valence-corrected chi connectivity index (χ3v) is 5.24. The minimum absolute atomic E-state index is 0.222. The van der Waals surface area contributed by atoms with Crippen LogP contribution in [0.1, 0.15) is 63.9 Å². The Hall–Kier alpha value is -3.21. The van der Waals surface area contributed by atoms with Crippen molar-refractivity contribution in [3.8, 4) is 5.69 Å². The first kappa shape index (κ1) is 20.5. The van der Waals surface area contributed by atoms with Gasteiger partial charge in [0.2, 0.25) is 0 Å². The van der Waals surface area contributed by atoms with Crippen molar-refractivity contribution in [2.24, 2.45) is 0 Å². The van der Waals surface area contributed by atoms with Crippen LogP contribution in [-0.4, -0.2) is 28.1 Å². The minimum Gasteiger partial charge on any atom is -0.454 e. The first-order valence-electron chi connectivity index (χ1n) is 9.84. The Balaban J connectivity index is 1.69. The highest BCUT2D eigenvalue weighted by atomic mass is 16.5. The number of ether oxygens (including phenoxy) is 1. The highest BCUT2D eigenvalue weighted by molar-refractivity contribution is 5.99. The molecular weight excluding hydrogens is 364 g/mol. The van der Waals surface area contributed by atoms with Gasteiger partial charge in [-0.25, -0.2) is 9.48 Å². The molecule has 29 heavy (non-hydrogen) atoms. The summed E-state index contributed by atoms with van der Waals surface area (Å²) in [5, 5.41) is 4.45. The molecular formula is C24H26N2O3. The summed E-state index contributed by atoms with van der Waals surface area (Å²) in [5.41, 5.74) is 4.25. The normalized spacial score (nSPS) is 11.9. The van der Waals surface area contributed by atoms with E-state index in [1.54, 1.807) is 23.7 Å². The zero-order valence-electron chi connectivity index (χ0n) is 17.3. The van der Waals surface area contributed by atoms with Gasteiger partial charge in [0.15, 0.2) is 12.4 Å². The van der Waals surface area contributed by atoms with Crippen LogP contribution in [0.25, 0.3) is 5.69 Å². The highest BCUT2D eigenvalue weighted by Gasteiger charge is 2.22. The van der Waals surface area contributed by atoms with Crippen LogP contribution < -0.4 is 0 Å². The molecule has 0 radical (unpaired) electrons. The molecule has 1 aromatic heterocycles. The molecule has 0 saturated heterocycles. The first-order chi connectivity index (χ1) is 13.9. The number of rotatable bonds is 7. The van der Waals surface area contributed by atoms with Crippen LogP contribution in [0.5, 0.6) is 0 Å². The van der Waals surface area contributed by atoms with Gasteiger partial charge in [-0.05, 0) is 43.9 Å². The molecule has 5 heteroatoms. The van der Waals surface area contributed by atoms with E-state index in [1.807, 2.05) is 49.4 Å². The van der Waals surface area contributed by atoms with Crippen LogP contribution in [0.15, 0.2) is 54.6 Å². The quantitative estimate of drug-likeness (QED) is 0.419. The molecule has 0 unspecified atom stereocenters. The Labute approximate surface area is 171 Å². The maximum absolute atomic E-state index is 12.6. The molecule has 1 heterocycles. The molecule has 0 amide bonds. The topological polar surface area (TPSA) is 61.2 Å². The third kappa shape index (κ3) is 4.45. The molecule has 0 saturated carbocycles. The monoisotopic (exact) mass is 390 g/mol. The number of benzene rings is 2. The molecule has 150 valence electrons. The van der Waals surface area contributed by atoms with Crippen molar-refractivity contribution in [1.29, 1.82) is 0 Å². The lowest BCUT2D eigenvalue weighted by Gasteiger charge is -2.10. The predicted octanol–water partition coefficient (Wildman–Crippen LogP) is 5.04. The fourth-order valence-corrected chi connectivity index (χ4v) is 3.28. The fraction of sp³-hybridized carbons (Fsp3) is 0.292. The summed E-state index contributed by atoms with van der Waals surface area (Å²) in [6.45, 7) is 7.57. The van der Waals surface area contributed by atoms with Gasteiger partial charge in [0.05, 0.1) is 17.1 Å². The summed E-state index contributed by atoms with van der Waals surface area (Å²) in [5.74, 6) is -0.310. The van der Waals surface area contributed by atoms with Crippen molar-refractivity contribution in [3.05, 3.63) is 82.7 Å². The average molecular weight is 390 g/mol. The number of hydrogen-bond acceptors (Lipinski definition) is 4. The van der Waals surface area contributed by atoms with Gasteiger partial charge in [-0.3, -0.25) is 4.79 Å². The van der Waals surface area contributed by atoms with Crippen molar-refractivity contribution in [2.45, 2.75) is 40.0 Å². The van der Waals surface area contributed by atoms with E-state index in [0.717, 1.165) is 12.1 Å². The van der Waals surface area contributed by atoms with E-state index in [-0.39, 0.29) is 12.4 Å². The van der Waals surface area contributed by atoms with Crippen molar-refractivity contribution < 1.29 is 14.3 Å². The van der Waals surface area contributed by atoms with Gasteiger partial charge in [0, 0.05) is 5.56 Å². The van der Waals surface area contributed by atoms with Crippen LogP contribution in [0.2, 0.25) is 0 Å². The second-order valence-corrected chi connectivity index (χ2v) is 7.22. The first-order valence-corrected chi connectivity index (χ1v) is 9.84. The smallest absolute Gasteiger partial charge is 0.342 e. The molecule has 0 spiro atoms. The van der Waals surface area contributed by atoms with Gasteiger partial charge in [-0.15, -0.1) is 0 Å². The fourth-order valence-electron chi connectivity index (χ4n) is 3.28. The largest absolute Gasteiger partial charge is 0.454 e. The second-order valence-electron chi connectivity index (χ2n) is 7.22. The van der Waals surface area contributed by atoms with Crippen LogP contribution in [0.4, 0.5) is 0 Å². The molecule has 0 aliphatic heterocycles. The molecule has 3 rings (SSSR count). The Morgan fingerprint density at radius 1 is 1.03 bits per heavy atom. The van der Waals surface area contributed by atoms with E-state index in [0.29, 0.717) is 28.4 Å². The standard InChI is InChI=1S/C24H26N2O3/c1-5-16(2)19-11-13-20(14-12-19)22(27)15-29-24(28)23-17(3)25-26(18(23)4)21-9-7-6-8-10-21/h6-14,16H,5,15H2,1-4H3/t16-/m0/s1. The average Bonchev–Trinajstić information content (AvgIpc) is 3.06. The Bertz CT molecular complexity index is 1000. The maximum atomic E-state index is 12.6. The van der Waals surface area contributed by atoms with E-state index in [1.165, 1.54) is 5.56 Å². The van der Waals surface area contributed by atoms with Gasteiger partial charge in [-0.2, -0.15) is 5.10 Å². The Morgan fingerprint density at radius 2 is 1.69 bits per heavy atom. The zero-order chi connectivity index (χ0) is 21.0. The van der Waals surface area contributed by atoms with Crippen LogP contribution >= 0.6 is 0 Å². The van der Waals surface area contributed by atoms with Gasteiger partial charge in [-0.1, -0.05) is 56.3 Å². The lowest BCUT2D eigenvalue weighted by atomic mass is 9.97. The lowest BCUT2D eigenvalue weighted by Crippen LogP contribution is -2.15. The summed E-state index contributed by atoms with van der Waals surface area (Å²) < 4.78 is 7.02. The number of aryl methyl sites for hydroxylation is 1. The molecule has 0 aliphatic carbocycles.